The topological polar surface area (TPSA) is 126 Å². The van der Waals surface area contributed by atoms with Crippen molar-refractivity contribution in [2.24, 2.45) is 0 Å². The van der Waals surface area contributed by atoms with Gasteiger partial charge in [-0.2, -0.15) is 0 Å². The van der Waals surface area contributed by atoms with Crippen molar-refractivity contribution in [3.63, 3.8) is 0 Å². The van der Waals surface area contributed by atoms with Crippen molar-refractivity contribution in [2.75, 3.05) is 13.2 Å². The molecular formula is C32H64O6Ti. The summed E-state index contributed by atoms with van der Waals surface area (Å²) in [5.41, 5.74) is 0. The largest absolute Gasteiger partial charge is 4.00 e. The first-order valence-electron chi connectivity index (χ1n) is 15.9. The molecule has 0 aromatic rings. The smallest absolute Gasteiger partial charge is 0.854 e. The van der Waals surface area contributed by atoms with Crippen LogP contribution in [0.2, 0.25) is 0 Å². The van der Waals surface area contributed by atoms with Crippen molar-refractivity contribution in [3.05, 3.63) is 0 Å². The first kappa shape index (κ1) is 48.3. The first-order chi connectivity index (χ1) is 18.4. The van der Waals surface area contributed by atoms with E-state index in [0.29, 0.717) is 0 Å². The average Bonchev–Trinajstić information content (AvgIpc) is 2.88. The Morgan fingerprint density at radius 2 is 0.590 bits per heavy atom. The summed E-state index contributed by atoms with van der Waals surface area (Å²) in [5, 5.41) is 39.3. The second-order valence-electron chi connectivity index (χ2n) is 10.0. The molecule has 0 N–H and O–H groups in total. The molecule has 0 aromatic heterocycles. The molecule has 0 bridgehead atoms. The SMILES string of the molecule is CCCCCCCCCCCC(=O)[O-].CCCCCCCCCCCC(=O)[O-].CCCC[O-].CCCC[O-].[Ti+4]. The maximum Gasteiger partial charge on any atom is 4.00 e. The predicted molar refractivity (Wildman–Crippen MR) is 153 cm³/mol. The Balaban J connectivity index is -0.000000145. The fourth-order valence-corrected chi connectivity index (χ4v) is 3.45. The van der Waals surface area contributed by atoms with Crippen molar-refractivity contribution >= 4 is 11.9 Å². The quantitative estimate of drug-likeness (QED) is 0.106. The molecule has 6 nitrogen and oxygen atoms in total. The van der Waals surface area contributed by atoms with Gasteiger partial charge in [-0.3, -0.25) is 0 Å². The summed E-state index contributed by atoms with van der Waals surface area (Å²) in [7, 11) is 0. The Kier molecular flexibility index (Phi) is 62.5. The van der Waals surface area contributed by atoms with Gasteiger partial charge in [0.1, 0.15) is 0 Å². The number of unbranched alkanes of at least 4 members (excludes halogenated alkanes) is 18. The van der Waals surface area contributed by atoms with Gasteiger partial charge in [0.2, 0.25) is 0 Å². The van der Waals surface area contributed by atoms with Crippen LogP contribution >= 0.6 is 0 Å². The molecule has 0 heterocycles. The van der Waals surface area contributed by atoms with Gasteiger partial charge in [0.25, 0.3) is 0 Å². The van der Waals surface area contributed by atoms with E-state index in [1.807, 2.05) is 13.8 Å². The Bertz CT molecular complexity index is 379. The maximum absolute atomic E-state index is 10.1. The molecule has 0 aliphatic carbocycles. The number of hydrogen-bond acceptors (Lipinski definition) is 6. The Hall–Kier alpha value is -0.426. The number of carboxylic acid groups (broad SMARTS) is 2. The van der Waals surface area contributed by atoms with Crippen molar-refractivity contribution in [2.45, 2.75) is 182 Å². The van der Waals surface area contributed by atoms with Crippen LogP contribution in [0.4, 0.5) is 0 Å². The molecule has 0 saturated carbocycles. The summed E-state index contributed by atoms with van der Waals surface area (Å²) < 4.78 is 0. The zero-order valence-corrected chi connectivity index (χ0v) is 27.9. The molecular weight excluding hydrogens is 528 g/mol. The molecule has 7 heteroatoms. The monoisotopic (exact) mass is 592 g/mol. The van der Waals surface area contributed by atoms with Crippen LogP contribution in [0, 0.1) is 0 Å². The Morgan fingerprint density at radius 3 is 0.744 bits per heavy atom. The fourth-order valence-electron chi connectivity index (χ4n) is 3.45. The van der Waals surface area contributed by atoms with Gasteiger partial charge in [-0.15, -0.1) is 13.2 Å². The third-order valence-corrected chi connectivity index (χ3v) is 5.96. The molecule has 232 valence electrons. The van der Waals surface area contributed by atoms with Crippen LogP contribution in [0.25, 0.3) is 0 Å². The molecule has 39 heavy (non-hydrogen) atoms. The molecule has 0 unspecified atom stereocenters. The summed E-state index contributed by atoms with van der Waals surface area (Å²) in [6.45, 7) is 8.66. The standard InChI is InChI=1S/2C12H24O2.2C4H9O.Ti/c2*1-2-3-4-5-6-7-8-9-10-11-12(13)14;2*1-2-3-4-5;/h2*2-11H2,1H3,(H,13,14);2*2-4H2,1H3;/q;;2*-1;+4/p-2. The zero-order chi connectivity index (χ0) is 29.5. The van der Waals surface area contributed by atoms with E-state index in [2.05, 4.69) is 13.8 Å². The van der Waals surface area contributed by atoms with Gasteiger partial charge >= 0.3 is 21.7 Å². The first-order valence-corrected chi connectivity index (χ1v) is 15.9. The van der Waals surface area contributed by atoms with Crippen LogP contribution in [-0.2, 0) is 31.3 Å². The third kappa shape index (κ3) is 72.7. The van der Waals surface area contributed by atoms with Crippen LogP contribution in [0.1, 0.15) is 182 Å². The van der Waals surface area contributed by atoms with Crippen LogP contribution in [-0.4, -0.2) is 25.2 Å². The molecule has 0 aliphatic heterocycles. The minimum Gasteiger partial charge on any atom is -0.854 e. The number of carbonyl (C=O) groups is 2. The normalized spacial score (nSPS) is 9.59. The number of hydrogen-bond donors (Lipinski definition) is 0. The van der Waals surface area contributed by atoms with Crippen molar-refractivity contribution in [3.8, 4) is 0 Å². The van der Waals surface area contributed by atoms with Gasteiger partial charge in [0.05, 0.1) is 0 Å². The molecule has 0 spiro atoms. The van der Waals surface area contributed by atoms with Crippen molar-refractivity contribution in [1.29, 1.82) is 0 Å². The van der Waals surface area contributed by atoms with E-state index in [9.17, 15) is 30.0 Å². The third-order valence-electron chi connectivity index (χ3n) is 5.96. The second-order valence-corrected chi connectivity index (χ2v) is 10.0. The van der Waals surface area contributed by atoms with E-state index in [1.165, 1.54) is 89.9 Å². The number of aliphatic carboxylic acids is 2. The Labute approximate surface area is 258 Å². The van der Waals surface area contributed by atoms with Crippen molar-refractivity contribution in [1.82, 2.24) is 0 Å². The fraction of sp³-hybridized carbons (Fsp3) is 0.938. The van der Waals surface area contributed by atoms with E-state index in [1.54, 1.807) is 0 Å². The summed E-state index contributed by atoms with van der Waals surface area (Å²) >= 11 is 0. The number of rotatable bonds is 24. The van der Waals surface area contributed by atoms with Gasteiger partial charge in [-0.25, -0.2) is 0 Å². The van der Waals surface area contributed by atoms with Gasteiger partial charge in [0.15, 0.2) is 0 Å². The molecule has 0 aromatic carbocycles. The maximum atomic E-state index is 10.1. The number of carbonyl (C=O) groups excluding carboxylic acids is 2. The van der Waals surface area contributed by atoms with E-state index in [-0.39, 0.29) is 47.8 Å². The van der Waals surface area contributed by atoms with Crippen LogP contribution in [0.15, 0.2) is 0 Å². The second kappa shape index (κ2) is 50.4. The van der Waals surface area contributed by atoms with Gasteiger partial charge in [-0.05, 0) is 25.7 Å². The van der Waals surface area contributed by atoms with E-state index in [4.69, 9.17) is 0 Å². The summed E-state index contributed by atoms with van der Waals surface area (Å²) in [6, 6.07) is 0. The van der Waals surface area contributed by atoms with Crippen LogP contribution < -0.4 is 20.4 Å². The minimum atomic E-state index is -0.909. The van der Waals surface area contributed by atoms with Crippen LogP contribution in [0.3, 0.4) is 0 Å². The molecule has 0 atom stereocenters. The number of carboxylic acids is 2. The zero-order valence-electron chi connectivity index (χ0n) is 26.3. The summed E-state index contributed by atoms with van der Waals surface area (Å²) in [4.78, 5) is 20.2. The Morgan fingerprint density at radius 1 is 0.385 bits per heavy atom. The van der Waals surface area contributed by atoms with Crippen LogP contribution in [0.5, 0.6) is 0 Å². The average molecular weight is 593 g/mol. The molecule has 0 amide bonds. The van der Waals surface area contributed by atoms with Gasteiger partial charge in [0, 0.05) is 11.9 Å². The minimum absolute atomic E-state index is 0. The predicted octanol–water partition coefficient (Wildman–Crippen LogP) is 5.61. The molecule has 0 saturated heterocycles. The van der Waals surface area contributed by atoms with Gasteiger partial charge in [-0.1, -0.05) is 156 Å². The summed E-state index contributed by atoms with van der Waals surface area (Å²) in [5.74, 6) is -1.82. The van der Waals surface area contributed by atoms with E-state index < -0.39 is 11.9 Å². The van der Waals surface area contributed by atoms with E-state index >= 15 is 0 Å². The summed E-state index contributed by atoms with van der Waals surface area (Å²) in [6.07, 6.45) is 26.1. The van der Waals surface area contributed by atoms with Crippen molar-refractivity contribution < 1.29 is 51.7 Å². The molecule has 0 rings (SSSR count). The molecule has 0 radical (unpaired) electrons. The molecule has 0 fully saturated rings. The van der Waals surface area contributed by atoms with Gasteiger partial charge < -0.3 is 30.0 Å². The van der Waals surface area contributed by atoms with E-state index in [0.717, 1.165) is 51.4 Å². The molecule has 0 aliphatic rings.